The largest absolute Gasteiger partial charge is 0.334 e. The minimum atomic E-state index is -0.238. The van der Waals surface area contributed by atoms with E-state index in [1.54, 1.807) is 35.6 Å². The summed E-state index contributed by atoms with van der Waals surface area (Å²) in [7, 11) is 0. The summed E-state index contributed by atoms with van der Waals surface area (Å²) < 4.78 is 0. The van der Waals surface area contributed by atoms with Crippen molar-refractivity contribution in [1.29, 1.82) is 0 Å². The summed E-state index contributed by atoms with van der Waals surface area (Å²) in [6.45, 7) is 0.524. The fourth-order valence-electron chi connectivity index (χ4n) is 1.32. The van der Waals surface area contributed by atoms with Crippen molar-refractivity contribution >= 4 is 34.7 Å². The van der Waals surface area contributed by atoms with Gasteiger partial charge in [0.05, 0.1) is 0 Å². The molecule has 88 valence electrons. The first-order valence-corrected chi connectivity index (χ1v) is 6.37. The van der Waals surface area contributed by atoms with E-state index in [4.69, 9.17) is 11.6 Å². The van der Waals surface area contributed by atoms with Crippen molar-refractivity contribution in [3.8, 4) is 0 Å². The minimum Gasteiger partial charge on any atom is -0.334 e. The van der Waals surface area contributed by atoms with Crippen molar-refractivity contribution in [2.45, 2.75) is 6.54 Å². The molecule has 2 amide bonds. The fourth-order valence-corrected chi connectivity index (χ4v) is 2.18. The third-order valence-corrected chi connectivity index (χ3v) is 3.08. The summed E-state index contributed by atoms with van der Waals surface area (Å²) in [5.41, 5.74) is 1.77. The van der Waals surface area contributed by atoms with Gasteiger partial charge >= 0.3 is 6.03 Å². The summed E-state index contributed by atoms with van der Waals surface area (Å²) in [6, 6.07) is 8.78. The van der Waals surface area contributed by atoms with Crippen LogP contribution in [0.3, 0.4) is 0 Å². The van der Waals surface area contributed by atoms with Crippen LogP contribution in [0.25, 0.3) is 0 Å². The quantitative estimate of drug-likeness (QED) is 0.873. The lowest BCUT2D eigenvalue weighted by Crippen LogP contribution is -2.27. The Morgan fingerprint density at radius 1 is 1.35 bits per heavy atom. The zero-order valence-corrected chi connectivity index (χ0v) is 10.5. The second kappa shape index (κ2) is 5.70. The highest BCUT2D eigenvalue weighted by atomic mass is 35.5. The first kappa shape index (κ1) is 12.0. The molecule has 2 aromatic rings. The highest BCUT2D eigenvalue weighted by Gasteiger charge is 2.01. The minimum absolute atomic E-state index is 0.238. The lowest BCUT2D eigenvalue weighted by Gasteiger charge is -2.06. The molecule has 0 fully saturated rings. The van der Waals surface area contributed by atoms with Gasteiger partial charge < -0.3 is 10.6 Å². The van der Waals surface area contributed by atoms with Gasteiger partial charge in [0.2, 0.25) is 0 Å². The van der Waals surface area contributed by atoms with E-state index in [0.29, 0.717) is 17.3 Å². The SMILES string of the molecule is O=C(NCc1ccsc1)Nc1cccc(Cl)c1. The Hall–Kier alpha value is -1.52. The van der Waals surface area contributed by atoms with Crippen LogP contribution < -0.4 is 10.6 Å². The van der Waals surface area contributed by atoms with Crippen LogP contribution in [-0.2, 0) is 6.54 Å². The van der Waals surface area contributed by atoms with E-state index in [2.05, 4.69) is 10.6 Å². The molecule has 0 saturated carbocycles. The van der Waals surface area contributed by atoms with Gasteiger partial charge in [-0.05, 0) is 40.6 Å². The number of hydrogen-bond donors (Lipinski definition) is 2. The van der Waals surface area contributed by atoms with E-state index in [9.17, 15) is 4.79 Å². The molecule has 0 bridgehead atoms. The predicted octanol–water partition coefficient (Wildman–Crippen LogP) is 3.72. The monoisotopic (exact) mass is 266 g/mol. The molecule has 3 nitrogen and oxygen atoms in total. The van der Waals surface area contributed by atoms with E-state index >= 15 is 0 Å². The number of nitrogens with one attached hydrogen (secondary N) is 2. The maximum absolute atomic E-state index is 11.6. The van der Waals surface area contributed by atoms with E-state index in [-0.39, 0.29) is 6.03 Å². The number of benzene rings is 1. The predicted molar refractivity (Wildman–Crippen MR) is 71.6 cm³/mol. The first-order chi connectivity index (χ1) is 8.24. The molecule has 2 rings (SSSR count). The number of halogens is 1. The molecule has 0 saturated heterocycles. The molecule has 0 unspecified atom stereocenters. The van der Waals surface area contributed by atoms with Crippen LogP contribution in [0, 0.1) is 0 Å². The van der Waals surface area contributed by atoms with Gasteiger partial charge in [-0.15, -0.1) is 0 Å². The van der Waals surface area contributed by atoms with Crippen LogP contribution in [-0.4, -0.2) is 6.03 Å². The molecule has 0 aliphatic rings. The number of carbonyl (C=O) groups excluding carboxylic acids is 1. The molecule has 2 N–H and O–H groups in total. The Morgan fingerprint density at radius 2 is 2.24 bits per heavy atom. The summed E-state index contributed by atoms with van der Waals surface area (Å²) in [6.07, 6.45) is 0. The topological polar surface area (TPSA) is 41.1 Å². The third-order valence-electron chi connectivity index (χ3n) is 2.12. The number of thiophene rings is 1. The summed E-state index contributed by atoms with van der Waals surface area (Å²) >= 11 is 7.42. The smallest absolute Gasteiger partial charge is 0.319 e. The maximum atomic E-state index is 11.6. The number of hydrogen-bond acceptors (Lipinski definition) is 2. The van der Waals surface area contributed by atoms with Crippen molar-refractivity contribution in [2.75, 3.05) is 5.32 Å². The Kier molecular flexibility index (Phi) is 4.01. The van der Waals surface area contributed by atoms with Crippen LogP contribution in [0.5, 0.6) is 0 Å². The summed E-state index contributed by atoms with van der Waals surface area (Å²) in [4.78, 5) is 11.6. The molecule has 0 aliphatic heterocycles. The van der Waals surface area contributed by atoms with E-state index in [1.807, 2.05) is 16.8 Å². The third kappa shape index (κ3) is 3.76. The maximum Gasteiger partial charge on any atom is 0.319 e. The van der Waals surface area contributed by atoms with Crippen molar-refractivity contribution in [2.24, 2.45) is 0 Å². The molecular formula is C12H11ClN2OS. The van der Waals surface area contributed by atoms with E-state index < -0.39 is 0 Å². The molecule has 0 spiro atoms. The molecule has 1 aromatic heterocycles. The van der Waals surface area contributed by atoms with E-state index in [0.717, 1.165) is 5.56 Å². The zero-order chi connectivity index (χ0) is 12.1. The van der Waals surface area contributed by atoms with Gasteiger partial charge in [0.25, 0.3) is 0 Å². The van der Waals surface area contributed by atoms with Gasteiger partial charge in [-0.3, -0.25) is 0 Å². The van der Waals surface area contributed by atoms with Crippen LogP contribution in [0.1, 0.15) is 5.56 Å². The highest BCUT2D eigenvalue weighted by molar-refractivity contribution is 7.07. The molecule has 17 heavy (non-hydrogen) atoms. The van der Waals surface area contributed by atoms with Crippen LogP contribution in [0.2, 0.25) is 5.02 Å². The number of carbonyl (C=O) groups is 1. The average Bonchev–Trinajstić information content (AvgIpc) is 2.79. The molecule has 1 aromatic carbocycles. The molecular weight excluding hydrogens is 256 g/mol. The molecule has 1 heterocycles. The van der Waals surface area contributed by atoms with Crippen LogP contribution in [0.15, 0.2) is 41.1 Å². The normalized spacial score (nSPS) is 9.94. The molecule has 0 radical (unpaired) electrons. The standard InChI is InChI=1S/C12H11ClN2OS/c13-10-2-1-3-11(6-10)15-12(16)14-7-9-4-5-17-8-9/h1-6,8H,7H2,(H2,14,15,16). The lowest BCUT2D eigenvalue weighted by molar-refractivity contribution is 0.252. The zero-order valence-electron chi connectivity index (χ0n) is 8.94. The van der Waals surface area contributed by atoms with Gasteiger partial charge in [0.1, 0.15) is 0 Å². The van der Waals surface area contributed by atoms with Crippen LogP contribution in [0.4, 0.5) is 10.5 Å². The van der Waals surface area contributed by atoms with Crippen molar-refractivity contribution in [3.05, 3.63) is 51.7 Å². The van der Waals surface area contributed by atoms with Gasteiger partial charge in [-0.1, -0.05) is 17.7 Å². The highest BCUT2D eigenvalue weighted by Crippen LogP contribution is 2.14. The Morgan fingerprint density at radius 3 is 2.94 bits per heavy atom. The van der Waals surface area contributed by atoms with Gasteiger partial charge in [-0.2, -0.15) is 11.3 Å². The fraction of sp³-hybridized carbons (Fsp3) is 0.0833. The summed E-state index contributed by atoms with van der Waals surface area (Å²) in [5, 5.41) is 10.1. The van der Waals surface area contributed by atoms with Crippen molar-refractivity contribution in [3.63, 3.8) is 0 Å². The molecule has 0 atom stereocenters. The summed E-state index contributed by atoms with van der Waals surface area (Å²) in [5.74, 6) is 0. The van der Waals surface area contributed by atoms with Crippen molar-refractivity contribution < 1.29 is 4.79 Å². The molecule has 0 aliphatic carbocycles. The Labute approximate surface area is 108 Å². The van der Waals surface area contributed by atoms with Gasteiger partial charge in [-0.25, -0.2) is 4.79 Å². The number of rotatable bonds is 3. The number of amides is 2. The number of urea groups is 1. The second-order valence-corrected chi connectivity index (χ2v) is 4.67. The van der Waals surface area contributed by atoms with Crippen molar-refractivity contribution in [1.82, 2.24) is 5.32 Å². The van der Waals surface area contributed by atoms with Crippen LogP contribution >= 0.6 is 22.9 Å². The molecule has 5 heteroatoms. The Balaban J connectivity index is 1.85. The van der Waals surface area contributed by atoms with Gasteiger partial charge in [0.15, 0.2) is 0 Å². The number of anilines is 1. The lowest BCUT2D eigenvalue weighted by atomic mass is 10.3. The van der Waals surface area contributed by atoms with Gasteiger partial charge in [0, 0.05) is 17.3 Å². The average molecular weight is 267 g/mol. The van der Waals surface area contributed by atoms with E-state index in [1.165, 1.54) is 0 Å². The Bertz CT molecular complexity index is 499. The second-order valence-electron chi connectivity index (χ2n) is 3.45. The first-order valence-electron chi connectivity index (χ1n) is 5.05.